The van der Waals surface area contributed by atoms with Crippen LogP contribution in [0, 0.1) is 11.8 Å². The zero-order chi connectivity index (χ0) is 11.5. The summed E-state index contributed by atoms with van der Waals surface area (Å²) in [6.45, 7) is 6.69. The fraction of sp³-hybridized carbons (Fsp3) is 0.636. The normalized spacial score (nSPS) is 25.6. The highest BCUT2D eigenvalue weighted by Gasteiger charge is 2.22. The lowest BCUT2D eigenvalue weighted by atomic mass is 9.92. The van der Waals surface area contributed by atoms with E-state index in [9.17, 15) is 0 Å². The van der Waals surface area contributed by atoms with Crippen molar-refractivity contribution < 1.29 is 0 Å². The third kappa shape index (κ3) is 2.41. The number of rotatable bonds is 2. The Morgan fingerprint density at radius 1 is 1.31 bits per heavy atom. The molecule has 0 aromatic carbocycles. The van der Waals surface area contributed by atoms with E-state index in [1.54, 1.807) is 6.33 Å². The predicted molar refractivity (Wildman–Crippen MR) is 65.0 cm³/mol. The monoisotopic (exact) mass is 221 g/mol. The first-order valence-corrected chi connectivity index (χ1v) is 5.72. The van der Waals surface area contributed by atoms with Crippen molar-refractivity contribution in [3.8, 4) is 0 Å². The van der Waals surface area contributed by atoms with E-state index < -0.39 is 0 Å². The van der Waals surface area contributed by atoms with Crippen molar-refractivity contribution in [3.05, 3.63) is 12.4 Å². The third-order valence-electron chi connectivity index (χ3n) is 2.99. The molecule has 2 rings (SSSR count). The molecule has 0 bridgehead atoms. The number of nitrogens with zero attached hydrogens (tertiary/aromatic N) is 3. The van der Waals surface area contributed by atoms with E-state index in [4.69, 9.17) is 5.84 Å². The van der Waals surface area contributed by atoms with Crippen LogP contribution in [0.25, 0.3) is 0 Å². The minimum absolute atomic E-state index is 0.663. The number of nitrogen functional groups attached to an aromatic ring is 1. The van der Waals surface area contributed by atoms with E-state index in [-0.39, 0.29) is 0 Å². The van der Waals surface area contributed by atoms with Crippen LogP contribution in [0.15, 0.2) is 12.4 Å². The van der Waals surface area contributed by atoms with Crippen LogP contribution < -0.4 is 16.2 Å². The molecule has 0 radical (unpaired) electrons. The molecule has 1 aromatic heterocycles. The van der Waals surface area contributed by atoms with Crippen LogP contribution in [0.3, 0.4) is 0 Å². The summed E-state index contributed by atoms with van der Waals surface area (Å²) in [5.74, 6) is 8.40. The molecule has 2 heterocycles. The summed E-state index contributed by atoms with van der Waals surface area (Å²) >= 11 is 0. The second-order valence-corrected chi connectivity index (χ2v) is 4.76. The molecule has 1 fully saturated rings. The number of hydrogen-bond donors (Lipinski definition) is 2. The Labute approximate surface area is 96.0 Å². The van der Waals surface area contributed by atoms with Gasteiger partial charge in [-0.25, -0.2) is 15.8 Å². The van der Waals surface area contributed by atoms with Gasteiger partial charge in [-0.1, -0.05) is 13.8 Å². The summed E-state index contributed by atoms with van der Waals surface area (Å²) < 4.78 is 0. The molecule has 0 spiro atoms. The van der Waals surface area contributed by atoms with Gasteiger partial charge in [0.1, 0.15) is 18.0 Å². The fourth-order valence-electron chi connectivity index (χ4n) is 2.45. The molecule has 5 heteroatoms. The molecule has 1 saturated heterocycles. The first-order valence-electron chi connectivity index (χ1n) is 5.72. The van der Waals surface area contributed by atoms with Gasteiger partial charge in [0.2, 0.25) is 0 Å². The Morgan fingerprint density at radius 3 is 2.62 bits per heavy atom. The lowest BCUT2D eigenvalue weighted by molar-refractivity contribution is 0.355. The smallest absolute Gasteiger partial charge is 0.145 e. The first kappa shape index (κ1) is 11.1. The Morgan fingerprint density at radius 2 is 2.00 bits per heavy atom. The molecule has 5 nitrogen and oxygen atoms in total. The summed E-state index contributed by atoms with van der Waals surface area (Å²) in [6.07, 6.45) is 2.85. The van der Waals surface area contributed by atoms with Crippen molar-refractivity contribution in [2.45, 2.75) is 20.3 Å². The number of hydrogen-bond acceptors (Lipinski definition) is 5. The molecule has 0 saturated carbocycles. The Bertz CT molecular complexity index is 344. The van der Waals surface area contributed by atoms with Crippen LogP contribution >= 0.6 is 0 Å². The number of nitrogens with one attached hydrogen (secondary N) is 1. The molecule has 1 aliphatic rings. The van der Waals surface area contributed by atoms with Crippen LogP contribution in [0.1, 0.15) is 20.3 Å². The van der Waals surface area contributed by atoms with Gasteiger partial charge in [-0.15, -0.1) is 0 Å². The van der Waals surface area contributed by atoms with E-state index in [1.165, 1.54) is 6.42 Å². The topological polar surface area (TPSA) is 67.1 Å². The maximum atomic E-state index is 5.34. The number of anilines is 2. The summed E-state index contributed by atoms with van der Waals surface area (Å²) in [6, 6.07) is 1.89. The second-order valence-electron chi connectivity index (χ2n) is 4.76. The van der Waals surface area contributed by atoms with Gasteiger partial charge in [0.15, 0.2) is 0 Å². The minimum Gasteiger partial charge on any atom is -0.356 e. The van der Waals surface area contributed by atoms with Gasteiger partial charge < -0.3 is 10.3 Å². The molecular formula is C11H19N5. The molecule has 0 aliphatic carbocycles. The Kier molecular flexibility index (Phi) is 3.24. The predicted octanol–water partition coefficient (Wildman–Crippen LogP) is 1.24. The number of piperidine rings is 1. The van der Waals surface area contributed by atoms with E-state index in [2.05, 4.69) is 34.1 Å². The summed E-state index contributed by atoms with van der Waals surface area (Å²) in [5, 5.41) is 0. The highest BCUT2D eigenvalue weighted by atomic mass is 15.3. The van der Waals surface area contributed by atoms with Crippen molar-refractivity contribution >= 4 is 11.6 Å². The molecular weight excluding hydrogens is 202 g/mol. The zero-order valence-electron chi connectivity index (χ0n) is 9.85. The lowest BCUT2D eigenvalue weighted by Crippen LogP contribution is -2.39. The standard InChI is InChI=1S/C11H19N5/c1-8-3-9(2)6-16(5-8)11-4-10(15-12)13-7-14-11/h4,7-9H,3,5-6,12H2,1-2H3,(H,13,14,15). The van der Waals surface area contributed by atoms with Gasteiger partial charge in [0, 0.05) is 19.2 Å². The Balaban J connectivity index is 2.16. The molecule has 2 unspecified atom stereocenters. The SMILES string of the molecule is CC1CC(C)CN(c2cc(NN)ncn2)C1. The third-order valence-corrected chi connectivity index (χ3v) is 2.99. The highest BCUT2D eigenvalue weighted by molar-refractivity contribution is 5.48. The molecule has 3 N–H and O–H groups in total. The Hall–Kier alpha value is -1.36. The van der Waals surface area contributed by atoms with Gasteiger partial charge in [0.25, 0.3) is 0 Å². The largest absolute Gasteiger partial charge is 0.356 e. The quantitative estimate of drug-likeness (QED) is 0.581. The van der Waals surface area contributed by atoms with Crippen molar-refractivity contribution in [1.82, 2.24) is 9.97 Å². The summed E-state index contributed by atoms with van der Waals surface area (Å²) in [4.78, 5) is 10.6. The van der Waals surface area contributed by atoms with Crippen molar-refractivity contribution in [3.63, 3.8) is 0 Å². The fourth-order valence-corrected chi connectivity index (χ4v) is 2.45. The van der Waals surface area contributed by atoms with E-state index >= 15 is 0 Å². The van der Waals surface area contributed by atoms with Gasteiger partial charge in [-0.3, -0.25) is 0 Å². The lowest BCUT2D eigenvalue weighted by Gasteiger charge is -2.35. The maximum absolute atomic E-state index is 5.34. The average molecular weight is 221 g/mol. The van der Waals surface area contributed by atoms with Crippen molar-refractivity contribution in [2.24, 2.45) is 17.7 Å². The van der Waals surface area contributed by atoms with Crippen molar-refractivity contribution in [2.75, 3.05) is 23.4 Å². The number of aromatic nitrogens is 2. The van der Waals surface area contributed by atoms with Crippen molar-refractivity contribution in [1.29, 1.82) is 0 Å². The van der Waals surface area contributed by atoms with Crippen LogP contribution in [-0.4, -0.2) is 23.1 Å². The zero-order valence-corrected chi connectivity index (χ0v) is 9.85. The van der Waals surface area contributed by atoms with E-state index in [0.29, 0.717) is 17.7 Å². The van der Waals surface area contributed by atoms with E-state index in [1.807, 2.05) is 6.07 Å². The van der Waals surface area contributed by atoms with Crippen LogP contribution in [0.5, 0.6) is 0 Å². The first-order chi connectivity index (χ1) is 7.69. The van der Waals surface area contributed by atoms with Crippen LogP contribution in [0.2, 0.25) is 0 Å². The molecule has 1 aliphatic heterocycles. The molecule has 88 valence electrons. The van der Waals surface area contributed by atoms with Gasteiger partial charge in [-0.05, 0) is 18.3 Å². The van der Waals surface area contributed by atoms with E-state index in [0.717, 1.165) is 18.9 Å². The molecule has 16 heavy (non-hydrogen) atoms. The van der Waals surface area contributed by atoms with Gasteiger partial charge >= 0.3 is 0 Å². The highest BCUT2D eigenvalue weighted by Crippen LogP contribution is 2.25. The number of nitrogens with two attached hydrogens (primary N) is 1. The minimum atomic E-state index is 0.663. The van der Waals surface area contributed by atoms with Crippen LogP contribution in [0.4, 0.5) is 11.6 Å². The van der Waals surface area contributed by atoms with Crippen LogP contribution in [-0.2, 0) is 0 Å². The summed E-state index contributed by atoms with van der Waals surface area (Å²) in [7, 11) is 0. The molecule has 2 atom stereocenters. The summed E-state index contributed by atoms with van der Waals surface area (Å²) in [5.41, 5.74) is 2.55. The maximum Gasteiger partial charge on any atom is 0.145 e. The second kappa shape index (κ2) is 4.65. The molecule has 0 amide bonds. The average Bonchev–Trinajstić information content (AvgIpc) is 2.28. The number of hydrazine groups is 1. The molecule has 1 aromatic rings. The van der Waals surface area contributed by atoms with Gasteiger partial charge in [0.05, 0.1) is 0 Å². The van der Waals surface area contributed by atoms with Gasteiger partial charge in [-0.2, -0.15) is 0 Å².